The maximum atomic E-state index is 6.00. The summed E-state index contributed by atoms with van der Waals surface area (Å²) in [5.74, 6) is 1.53. The number of unbranched alkanes of at least 4 members (excludes halogenated alkanes) is 15. The van der Waals surface area contributed by atoms with Gasteiger partial charge in [-0.3, -0.25) is 0 Å². The van der Waals surface area contributed by atoms with E-state index >= 15 is 0 Å². The van der Waals surface area contributed by atoms with Crippen molar-refractivity contribution >= 4 is 0 Å². The minimum absolute atomic E-state index is 0.761. The molecule has 0 N–H and O–H groups in total. The first kappa shape index (κ1) is 29.5. The predicted octanol–water partition coefficient (Wildman–Crippen LogP) is 9.67. The van der Waals surface area contributed by atoms with Crippen LogP contribution in [0.3, 0.4) is 0 Å². The molecule has 0 bridgehead atoms. The van der Waals surface area contributed by atoms with Crippen LogP contribution in [0.15, 0.2) is 24.3 Å². The smallest absolute Gasteiger partial charge is 0.213 e. The molecule has 1 aliphatic rings. The molecule has 2 heterocycles. The second kappa shape index (κ2) is 18.2. The summed E-state index contributed by atoms with van der Waals surface area (Å²) < 4.78 is 12.0. The predicted molar refractivity (Wildman–Crippen MR) is 156 cm³/mol. The van der Waals surface area contributed by atoms with Gasteiger partial charge in [-0.15, -0.1) is 0 Å². The van der Waals surface area contributed by atoms with Crippen molar-refractivity contribution in [2.45, 2.75) is 136 Å². The molecule has 2 aromatic rings. The summed E-state index contributed by atoms with van der Waals surface area (Å²) in [6.07, 6.45) is 24.3. The number of pyridine rings is 2. The van der Waals surface area contributed by atoms with Gasteiger partial charge in [0, 0.05) is 23.3 Å². The number of hydrogen-bond donors (Lipinski definition) is 0. The van der Waals surface area contributed by atoms with Crippen LogP contribution in [0.5, 0.6) is 11.8 Å². The van der Waals surface area contributed by atoms with E-state index in [1.165, 1.54) is 107 Å². The molecule has 0 atom stereocenters. The summed E-state index contributed by atoms with van der Waals surface area (Å²) in [5.41, 5.74) is 4.65. The molecule has 0 amide bonds. The third kappa shape index (κ3) is 11.0. The highest BCUT2D eigenvalue weighted by Crippen LogP contribution is 2.34. The Labute approximate surface area is 227 Å². The summed E-state index contributed by atoms with van der Waals surface area (Å²) in [6.45, 7) is 6.07. The zero-order valence-corrected chi connectivity index (χ0v) is 23.9. The lowest BCUT2D eigenvalue weighted by molar-refractivity contribution is 0.291. The lowest BCUT2D eigenvalue weighted by Gasteiger charge is -2.19. The van der Waals surface area contributed by atoms with Gasteiger partial charge in [0.1, 0.15) is 0 Å². The van der Waals surface area contributed by atoms with Crippen LogP contribution in [0.4, 0.5) is 0 Å². The molecule has 0 aliphatic heterocycles. The van der Waals surface area contributed by atoms with Gasteiger partial charge in [0.2, 0.25) is 11.8 Å². The molecule has 37 heavy (non-hydrogen) atoms. The molecule has 4 nitrogen and oxygen atoms in total. The van der Waals surface area contributed by atoms with Crippen molar-refractivity contribution in [3.05, 3.63) is 35.7 Å². The zero-order chi connectivity index (χ0) is 26.0. The average molecular weight is 509 g/mol. The minimum atomic E-state index is 0.761. The van der Waals surface area contributed by atoms with Crippen molar-refractivity contribution in [3.8, 4) is 22.9 Å². The van der Waals surface area contributed by atoms with Gasteiger partial charge in [0.15, 0.2) is 0 Å². The summed E-state index contributed by atoms with van der Waals surface area (Å²) >= 11 is 0. The van der Waals surface area contributed by atoms with Crippen molar-refractivity contribution in [1.29, 1.82) is 0 Å². The van der Waals surface area contributed by atoms with Gasteiger partial charge in [0.05, 0.1) is 24.6 Å². The van der Waals surface area contributed by atoms with E-state index in [0.717, 1.165) is 62.0 Å². The largest absolute Gasteiger partial charge is 0.478 e. The third-order valence-electron chi connectivity index (χ3n) is 7.53. The van der Waals surface area contributed by atoms with Gasteiger partial charge in [-0.05, 0) is 37.8 Å². The Hall–Kier alpha value is -2.10. The Balaban J connectivity index is 1.33. The van der Waals surface area contributed by atoms with Crippen LogP contribution >= 0.6 is 0 Å². The van der Waals surface area contributed by atoms with Crippen LogP contribution < -0.4 is 9.47 Å². The molecule has 1 aliphatic carbocycles. The van der Waals surface area contributed by atoms with Crippen molar-refractivity contribution in [1.82, 2.24) is 9.97 Å². The molecule has 0 radical (unpaired) electrons. The Morgan fingerprint density at radius 3 is 1.22 bits per heavy atom. The Bertz CT molecular complexity index is 883. The molecule has 2 aromatic heterocycles. The molecule has 0 unspecified atom stereocenters. The van der Waals surface area contributed by atoms with E-state index < -0.39 is 0 Å². The normalized spacial score (nSPS) is 12.3. The summed E-state index contributed by atoms with van der Waals surface area (Å²) in [7, 11) is 0. The first-order valence-electron chi connectivity index (χ1n) is 15.6. The molecule has 0 aromatic carbocycles. The topological polar surface area (TPSA) is 44.2 Å². The lowest BCUT2D eigenvalue weighted by Crippen LogP contribution is -2.10. The van der Waals surface area contributed by atoms with E-state index in [9.17, 15) is 0 Å². The van der Waals surface area contributed by atoms with Gasteiger partial charge < -0.3 is 9.47 Å². The van der Waals surface area contributed by atoms with E-state index in [2.05, 4.69) is 26.0 Å². The molecular formula is C33H52N2O2. The highest BCUT2D eigenvalue weighted by atomic mass is 16.5. The lowest BCUT2D eigenvalue weighted by atomic mass is 9.92. The fourth-order valence-corrected chi connectivity index (χ4v) is 5.23. The van der Waals surface area contributed by atoms with Gasteiger partial charge >= 0.3 is 0 Å². The van der Waals surface area contributed by atoms with Crippen LogP contribution in [0.25, 0.3) is 11.1 Å². The molecule has 0 fully saturated rings. The van der Waals surface area contributed by atoms with E-state index in [-0.39, 0.29) is 0 Å². The van der Waals surface area contributed by atoms with Crippen LogP contribution in [0, 0.1) is 0 Å². The molecule has 0 saturated carbocycles. The molecule has 0 spiro atoms. The molecule has 206 valence electrons. The van der Waals surface area contributed by atoms with Gasteiger partial charge in [-0.1, -0.05) is 110 Å². The van der Waals surface area contributed by atoms with E-state index in [1.54, 1.807) is 0 Å². The van der Waals surface area contributed by atoms with Crippen LogP contribution in [-0.2, 0) is 12.8 Å². The molecule has 4 heteroatoms. The first-order chi connectivity index (χ1) is 18.3. The Morgan fingerprint density at radius 1 is 0.486 bits per heavy atom. The SMILES string of the molecule is CCCCCCCCCCCCOc1ccc2c(n1)CCc1nc(OCCCCCCCCC)ccc1-2. The molecule has 3 rings (SSSR count). The van der Waals surface area contributed by atoms with Crippen molar-refractivity contribution < 1.29 is 9.47 Å². The van der Waals surface area contributed by atoms with E-state index in [0.29, 0.717) is 0 Å². The van der Waals surface area contributed by atoms with E-state index in [1.807, 2.05) is 12.1 Å². The van der Waals surface area contributed by atoms with Gasteiger partial charge in [-0.25, -0.2) is 9.97 Å². The second-order valence-electron chi connectivity index (χ2n) is 10.8. The van der Waals surface area contributed by atoms with Gasteiger partial charge in [0.25, 0.3) is 0 Å². The van der Waals surface area contributed by atoms with Gasteiger partial charge in [-0.2, -0.15) is 0 Å². The zero-order valence-electron chi connectivity index (χ0n) is 23.9. The average Bonchev–Trinajstić information content (AvgIpc) is 2.92. The first-order valence-corrected chi connectivity index (χ1v) is 15.6. The number of fused-ring (bicyclic) bond motifs is 3. The fraction of sp³-hybridized carbons (Fsp3) is 0.697. The summed E-state index contributed by atoms with van der Waals surface area (Å²) in [5, 5.41) is 0. The number of ether oxygens (including phenoxy) is 2. The number of aryl methyl sites for hydroxylation is 2. The fourth-order valence-electron chi connectivity index (χ4n) is 5.23. The van der Waals surface area contributed by atoms with Crippen LogP contribution in [0.1, 0.15) is 134 Å². The highest BCUT2D eigenvalue weighted by molar-refractivity contribution is 5.71. The number of aromatic nitrogens is 2. The van der Waals surface area contributed by atoms with Crippen LogP contribution in [-0.4, -0.2) is 23.2 Å². The van der Waals surface area contributed by atoms with Crippen molar-refractivity contribution in [3.63, 3.8) is 0 Å². The second-order valence-corrected chi connectivity index (χ2v) is 10.8. The standard InChI is InChI=1S/C33H52N2O2/c1-3-5-7-9-11-12-13-15-17-19-27-37-33-25-21-29-28-20-24-32(34-30(28)22-23-31(29)35-33)36-26-18-16-14-10-8-6-4-2/h20-21,24-25H,3-19,22-23,26-27H2,1-2H3. The number of nitrogens with zero attached hydrogens (tertiary/aromatic N) is 2. The van der Waals surface area contributed by atoms with Crippen molar-refractivity contribution in [2.24, 2.45) is 0 Å². The minimum Gasteiger partial charge on any atom is -0.478 e. The van der Waals surface area contributed by atoms with Crippen LogP contribution in [0.2, 0.25) is 0 Å². The highest BCUT2D eigenvalue weighted by Gasteiger charge is 2.19. The molecule has 0 saturated heterocycles. The van der Waals surface area contributed by atoms with Crippen molar-refractivity contribution in [2.75, 3.05) is 13.2 Å². The Morgan fingerprint density at radius 2 is 0.838 bits per heavy atom. The number of hydrogen-bond acceptors (Lipinski definition) is 4. The quantitative estimate of drug-likeness (QED) is 0.157. The summed E-state index contributed by atoms with van der Waals surface area (Å²) in [6, 6.07) is 8.36. The maximum absolute atomic E-state index is 6.00. The maximum Gasteiger partial charge on any atom is 0.213 e. The number of rotatable bonds is 21. The monoisotopic (exact) mass is 508 g/mol. The Kier molecular flexibility index (Phi) is 14.5. The molecular weight excluding hydrogens is 456 g/mol. The third-order valence-corrected chi connectivity index (χ3v) is 7.53. The van der Waals surface area contributed by atoms with E-state index in [4.69, 9.17) is 19.4 Å². The summed E-state index contributed by atoms with van der Waals surface area (Å²) in [4.78, 5) is 9.65.